The highest BCUT2D eigenvalue weighted by Gasteiger charge is 2.33. The van der Waals surface area contributed by atoms with E-state index < -0.39 is 0 Å². The molecule has 2 amide bonds. The zero-order valence-corrected chi connectivity index (χ0v) is 20.1. The Kier molecular flexibility index (Phi) is 6.49. The summed E-state index contributed by atoms with van der Waals surface area (Å²) in [5, 5.41) is 9.03. The third kappa shape index (κ3) is 4.98. The van der Waals surface area contributed by atoms with Crippen LogP contribution in [-0.2, 0) is 9.59 Å². The number of hydrogen-bond acceptors (Lipinski definition) is 6. The first kappa shape index (κ1) is 23.3. The van der Waals surface area contributed by atoms with Crippen LogP contribution in [0, 0.1) is 6.92 Å². The molecule has 0 bridgehead atoms. The van der Waals surface area contributed by atoms with Crippen molar-refractivity contribution in [3.05, 3.63) is 89.8 Å². The smallest absolute Gasteiger partial charge is 0.243 e. The average molecular weight is 483 g/mol. The standard InChI is InChI=1S/C28H26N4O4/c1-18-29-24-16-21(10-13-26(24)36-18)30-27(33)14-15-28(34)32-25(20-8-11-22(35-2)12-9-20)17-23(31-32)19-6-4-3-5-7-19/h3-13,16,25H,14-15,17H2,1-2H3,(H,30,33). The number of aryl methyl sites for hydroxylation is 1. The van der Waals surface area contributed by atoms with E-state index in [4.69, 9.17) is 9.15 Å². The first-order chi connectivity index (χ1) is 17.5. The molecule has 0 radical (unpaired) electrons. The second-order valence-corrected chi connectivity index (χ2v) is 8.61. The Balaban J connectivity index is 1.29. The molecule has 2 heterocycles. The van der Waals surface area contributed by atoms with Crippen molar-refractivity contribution in [3.8, 4) is 5.75 Å². The summed E-state index contributed by atoms with van der Waals surface area (Å²) in [7, 11) is 1.62. The number of methoxy groups -OCH3 is 1. The Morgan fingerprint density at radius 3 is 2.58 bits per heavy atom. The number of nitrogens with zero attached hydrogens (tertiary/aromatic N) is 3. The number of hydrogen-bond donors (Lipinski definition) is 1. The van der Waals surface area contributed by atoms with Gasteiger partial charge < -0.3 is 14.5 Å². The van der Waals surface area contributed by atoms with Gasteiger partial charge in [-0.1, -0.05) is 42.5 Å². The van der Waals surface area contributed by atoms with Gasteiger partial charge in [-0.25, -0.2) is 9.99 Å². The highest BCUT2D eigenvalue weighted by Crippen LogP contribution is 2.34. The third-order valence-electron chi connectivity index (χ3n) is 6.12. The van der Waals surface area contributed by atoms with Crippen molar-refractivity contribution >= 4 is 34.3 Å². The molecule has 1 unspecified atom stereocenters. The second-order valence-electron chi connectivity index (χ2n) is 8.61. The average Bonchev–Trinajstić information content (AvgIpc) is 3.51. The number of amides is 2. The zero-order valence-electron chi connectivity index (χ0n) is 20.1. The van der Waals surface area contributed by atoms with Gasteiger partial charge in [0.15, 0.2) is 11.5 Å². The Morgan fingerprint density at radius 1 is 1.06 bits per heavy atom. The normalized spacial score (nSPS) is 15.1. The van der Waals surface area contributed by atoms with Gasteiger partial charge in [0.2, 0.25) is 11.8 Å². The molecule has 0 fully saturated rings. The summed E-state index contributed by atoms with van der Waals surface area (Å²) < 4.78 is 10.7. The second kappa shape index (κ2) is 10.0. The number of nitrogens with one attached hydrogen (secondary N) is 1. The van der Waals surface area contributed by atoms with Crippen molar-refractivity contribution in [2.75, 3.05) is 12.4 Å². The maximum absolute atomic E-state index is 13.3. The molecular formula is C28H26N4O4. The minimum absolute atomic E-state index is 0.0371. The number of oxazole rings is 1. The third-order valence-corrected chi connectivity index (χ3v) is 6.12. The van der Waals surface area contributed by atoms with Crippen LogP contribution < -0.4 is 10.1 Å². The predicted octanol–water partition coefficient (Wildman–Crippen LogP) is 5.24. The molecule has 0 aliphatic carbocycles. The van der Waals surface area contributed by atoms with Crippen LogP contribution in [0.3, 0.4) is 0 Å². The highest BCUT2D eigenvalue weighted by atomic mass is 16.5. The van der Waals surface area contributed by atoms with Crippen molar-refractivity contribution in [1.29, 1.82) is 0 Å². The van der Waals surface area contributed by atoms with Crippen LogP contribution in [-0.4, -0.2) is 34.6 Å². The van der Waals surface area contributed by atoms with Crippen LogP contribution in [0.5, 0.6) is 5.75 Å². The van der Waals surface area contributed by atoms with E-state index >= 15 is 0 Å². The molecule has 1 atom stereocenters. The number of carbonyl (C=O) groups excluding carboxylic acids is 2. The number of benzene rings is 3. The molecule has 1 aliphatic heterocycles. The first-order valence-corrected chi connectivity index (χ1v) is 11.8. The van der Waals surface area contributed by atoms with Gasteiger partial charge in [-0.15, -0.1) is 0 Å². The van der Waals surface area contributed by atoms with E-state index in [1.165, 1.54) is 5.01 Å². The van der Waals surface area contributed by atoms with Crippen LogP contribution in [0.2, 0.25) is 0 Å². The van der Waals surface area contributed by atoms with Gasteiger partial charge in [-0.2, -0.15) is 5.10 Å². The summed E-state index contributed by atoms with van der Waals surface area (Å²) in [4.78, 5) is 30.1. The van der Waals surface area contributed by atoms with Gasteiger partial charge in [0.1, 0.15) is 11.3 Å². The van der Waals surface area contributed by atoms with Crippen LogP contribution in [0.25, 0.3) is 11.1 Å². The molecule has 182 valence electrons. The molecule has 1 N–H and O–H groups in total. The van der Waals surface area contributed by atoms with Crippen LogP contribution in [0.4, 0.5) is 5.69 Å². The fraction of sp³-hybridized carbons (Fsp3) is 0.214. The number of rotatable bonds is 7. The summed E-state index contributed by atoms with van der Waals surface area (Å²) in [6.45, 7) is 1.77. The van der Waals surface area contributed by atoms with Gasteiger partial charge in [0, 0.05) is 31.9 Å². The minimum atomic E-state index is -0.254. The van der Waals surface area contributed by atoms with Gasteiger partial charge in [0.05, 0.1) is 18.9 Å². The van der Waals surface area contributed by atoms with E-state index in [2.05, 4.69) is 15.4 Å². The largest absolute Gasteiger partial charge is 0.497 e. The number of hydrazone groups is 1. The summed E-state index contributed by atoms with van der Waals surface area (Å²) >= 11 is 0. The fourth-order valence-corrected chi connectivity index (χ4v) is 4.31. The van der Waals surface area contributed by atoms with E-state index in [9.17, 15) is 9.59 Å². The van der Waals surface area contributed by atoms with Gasteiger partial charge >= 0.3 is 0 Å². The topological polar surface area (TPSA) is 97.0 Å². The summed E-state index contributed by atoms with van der Waals surface area (Å²) in [6, 6.07) is 22.5. The number of aromatic nitrogens is 1. The Hall–Kier alpha value is -4.46. The summed E-state index contributed by atoms with van der Waals surface area (Å²) in [5.41, 5.74) is 4.71. The lowest BCUT2D eigenvalue weighted by atomic mass is 9.98. The molecule has 5 rings (SSSR count). The van der Waals surface area contributed by atoms with Crippen LogP contribution in [0.15, 0.2) is 82.3 Å². The molecule has 1 aliphatic rings. The molecular weight excluding hydrogens is 456 g/mol. The molecule has 0 saturated heterocycles. The van der Waals surface area contributed by atoms with Crippen molar-refractivity contribution in [2.24, 2.45) is 5.10 Å². The zero-order chi connectivity index (χ0) is 25.1. The van der Waals surface area contributed by atoms with Crippen molar-refractivity contribution in [2.45, 2.75) is 32.2 Å². The number of carbonyl (C=O) groups is 2. The minimum Gasteiger partial charge on any atom is -0.497 e. The number of fused-ring (bicyclic) bond motifs is 1. The predicted molar refractivity (Wildman–Crippen MR) is 137 cm³/mol. The Labute approximate surface area is 208 Å². The molecule has 36 heavy (non-hydrogen) atoms. The molecule has 0 spiro atoms. The van der Waals surface area contributed by atoms with Crippen molar-refractivity contribution < 1.29 is 18.7 Å². The maximum Gasteiger partial charge on any atom is 0.243 e. The van der Waals surface area contributed by atoms with E-state index in [1.54, 1.807) is 32.2 Å². The molecule has 8 nitrogen and oxygen atoms in total. The van der Waals surface area contributed by atoms with E-state index in [-0.39, 0.29) is 30.7 Å². The van der Waals surface area contributed by atoms with E-state index in [1.807, 2.05) is 54.6 Å². The molecule has 3 aromatic carbocycles. The lowest BCUT2D eigenvalue weighted by molar-refractivity contribution is -0.134. The quantitative estimate of drug-likeness (QED) is 0.388. The summed E-state index contributed by atoms with van der Waals surface area (Å²) in [5.74, 6) is 0.843. The van der Waals surface area contributed by atoms with Crippen molar-refractivity contribution in [3.63, 3.8) is 0 Å². The van der Waals surface area contributed by atoms with Crippen LogP contribution in [0.1, 0.15) is 42.3 Å². The van der Waals surface area contributed by atoms with Gasteiger partial charge in [-0.3, -0.25) is 9.59 Å². The van der Waals surface area contributed by atoms with Gasteiger partial charge in [-0.05, 0) is 41.5 Å². The first-order valence-electron chi connectivity index (χ1n) is 11.8. The lowest BCUT2D eigenvalue weighted by Crippen LogP contribution is -2.28. The lowest BCUT2D eigenvalue weighted by Gasteiger charge is -2.22. The number of ether oxygens (including phenoxy) is 1. The maximum atomic E-state index is 13.3. The monoisotopic (exact) mass is 482 g/mol. The SMILES string of the molecule is COc1ccc(C2CC(c3ccccc3)=NN2C(=O)CCC(=O)Nc2ccc3oc(C)nc3c2)cc1. The highest BCUT2D eigenvalue weighted by molar-refractivity contribution is 6.03. The van der Waals surface area contributed by atoms with E-state index in [0.29, 0.717) is 29.1 Å². The van der Waals surface area contributed by atoms with Crippen molar-refractivity contribution in [1.82, 2.24) is 9.99 Å². The van der Waals surface area contributed by atoms with E-state index in [0.717, 1.165) is 22.6 Å². The summed E-state index contributed by atoms with van der Waals surface area (Å²) in [6.07, 6.45) is 0.664. The number of anilines is 1. The fourth-order valence-electron chi connectivity index (χ4n) is 4.31. The molecule has 0 saturated carbocycles. The molecule has 8 heteroatoms. The Bertz CT molecular complexity index is 1430. The Morgan fingerprint density at radius 2 is 1.83 bits per heavy atom. The molecule has 4 aromatic rings. The molecule has 1 aromatic heterocycles. The van der Waals surface area contributed by atoms with Gasteiger partial charge in [0.25, 0.3) is 0 Å². The van der Waals surface area contributed by atoms with Crippen LogP contribution >= 0.6 is 0 Å².